The van der Waals surface area contributed by atoms with Gasteiger partial charge in [0, 0.05) is 43.0 Å². The zero-order chi connectivity index (χ0) is 27.8. The van der Waals surface area contributed by atoms with Gasteiger partial charge in [-0.2, -0.15) is 0 Å². The van der Waals surface area contributed by atoms with Crippen molar-refractivity contribution in [3.05, 3.63) is 99.7 Å². The molecule has 0 saturated heterocycles. The summed E-state index contributed by atoms with van der Waals surface area (Å²) in [6.45, 7) is 0.175. The van der Waals surface area contributed by atoms with Gasteiger partial charge in [-0.1, -0.05) is 24.3 Å². The topological polar surface area (TPSA) is 75.0 Å². The molecule has 1 atom stereocenters. The normalized spacial score (nSPS) is 15.9. The third-order valence-electron chi connectivity index (χ3n) is 7.87. The van der Waals surface area contributed by atoms with E-state index in [-0.39, 0.29) is 18.4 Å². The predicted molar refractivity (Wildman–Crippen MR) is 157 cm³/mol. The fraction of sp³-hybridized carbons (Fsp3) is 0.312. The number of carbonyl (C=O) groups is 2. The number of aliphatic carboxylic acids is 1. The van der Waals surface area contributed by atoms with Crippen LogP contribution >= 0.6 is 11.3 Å². The van der Waals surface area contributed by atoms with Crippen molar-refractivity contribution in [1.29, 1.82) is 0 Å². The van der Waals surface area contributed by atoms with Gasteiger partial charge in [-0.15, -0.1) is 11.3 Å². The molecule has 2 aromatic heterocycles. The standard InChI is InChI=1S/C32H33N3O4S/c1-33(2)23-13-11-22(12-14-23)31-27-7-5-17-34(27)32-26(25-6-3-4-8-28(25)40-32)19-35(31)29(36)18-21-9-15-24(16-10-21)39-20-30(37)38/h5,7,9-17,31H,3-4,6,8,18-20H2,1-2H3,(H,37,38). The molecule has 206 valence electrons. The molecule has 2 aliphatic rings. The maximum absolute atomic E-state index is 14.2. The highest BCUT2D eigenvalue weighted by atomic mass is 32.1. The van der Waals surface area contributed by atoms with E-state index in [0.717, 1.165) is 35.3 Å². The SMILES string of the molecule is CN(C)c1ccc(C2c3cccn3-c3sc4c(c3CN2C(=O)Cc2ccc(OCC(=O)O)cc2)CCCC4)cc1. The number of ether oxygens (including phenoxy) is 1. The number of carboxylic acid groups (broad SMARTS) is 1. The lowest BCUT2D eigenvalue weighted by atomic mass is 9.94. The summed E-state index contributed by atoms with van der Waals surface area (Å²) in [7, 11) is 4.06. The summed E-state index contributed by atoms with van der Waals surface area (Å²) in [6, 6.07) is 19.7. The highest BCUT2D eigenvalue weighted by molar-refractivity contribution is 7.15. The van der Waals surface area contributed by atoms with E-state index >= 15 is 0 Å². The Morgan fingerprint density at radius 3 is 2.48 bits per heavy atom. The van der Waals surface area contributed by atoms with E-state index in [2.05, 4.69) is 57.0 Å². The van der Waals surface area contributed by atoms with E-state index in [1.165, 1.54) is 33.8 Å². The molecule has 8 heteroatoms. The van der Waals surface area contributed by atoms with Gasteiger partial charge in [-0.25, -0.2) is 4.79 Å². The molecule has 0 fully saturated rings. The molecule has 0 bridgehead atoms. The molecule has 1 unspecified atom stereocenters. The van der Waals surface area contributed by atoms with Crippen molar-refractivity contribution in [2.24, 2.45) is 0 Å². The Labute approximate surface area is 238 Å². The minimum absolute atomic E-state index is 0.0530. The summed E-state index contributed by atoms with van der Waals surface area (Å²) in [5, 5.41) is 10.1. The number of thiophene rings is 1. The summed E-state index contributed by atoms with van der Waals surface area (Å²) >= 11 is 1.89. The second-order valence-electron chi connectivity index (χ2n) is 10.7. The summed E-state index contributed by atoms with van der Waals surface area (Å²) < 4.78 is 7.59. The van der Waals surface area contributed by atoms with Gasteiger partial charge in [0.05, 0.1) is 18.2 Å². The van der Waals surface area contributed by atoms with Crippen LogP contribution in [0.5, 0.6) is 5.75 Å². The van der Waals surface area contributed by atoms with Gasteiger partial charge in [0.15, 0.2) is 6.61 Å². The van der Waals surface area contributed by atoms with Crippen molar-refractivity contribution >= 4 is 28.9 Å². The fourth-order valence-electron chi connectivity index (χ4n) is 5.86. The molecule has 1 aliphatic carbocycles. The smallest absolute Gasteiger partial charge is 0.341 e. The summed E-state index contributed by atoms with van der Waals surface area (Å²) in [6.07, 6.45) is 6.98. The number of hydrogen-bond acceptors (Lipinski definition) is 5. The molecule has 1 aliphatic heterocycles. The summed E-state index contributed by atoms with van der Waals surface area (Å²) in [5.74, 6) is -0.498. The lowest BCUT2D eigenvalue weighted by Crippen LogP contribution is -2.36. The molecule has 40 heavy (non-hydrogen) atoms. The van der Waals surface area contributed by atoms with Gasteiger partial charge in [0.25, 0.3) is 0 Å². The lowest BCUT2D eigenvalue weighted by Gasteiger charge is -2.32. The molecule has 0 saturated carbocycles. The van der Waals surface area contributed by atoms with Crippen molar-refractivity contribution in [3.8, 4) is 10.8 Å². The van der Waals surface area contributed by atoms with Crippen LogP contribution in [-0.2, 0) is 35.4 Å². The number of nitrogens with zero attached hydrogens (tertiary/aromatic N) is 3. The number of rotatable bonds is 7. The highest BCUT2D eigenvalue weighted by Gasteiger charge is 2.36. The van der Waals surface area contributed by atoms with Gasteiger partial charge in [0.2, 0.25) is 5.91 Å². The average molecular weight is 556 g/mol. The van der Waals surface area contributed by atoms with Crippen LogP contribution in [-0.4, -0.2) is 47.2 Å². The fourth-order valence-corrected chi connectivity index (χ4v) is 7.26. The number of aryl methyl sites for hydroxylation is 1. The molecule has 7 nitrogen and oxygen atoms in total. The van der Waals surface area contributed by atoms with Gasteiger partial charge in [-0.3, -0.25) is 4.79 Å². The molecule has 2 aromatic carbocycles. The maximum atomic E-state index is 14.2. The second-order valence-corrected chi connectivity index (χ2v) is 11.8. The molecule has 6 rings (SSSR count). The number of aromatic nitrogens is 1. The molecular formula is C32H33N3O4S. The minimum Gasteiger partial charge on any atom is -0.482 e. The molecule has 3 heterocycles. The minimum atomic E-state index is -1.02. The first-order valence-corrected chi connectivity index (χ1v) is 14.5. The molecule has 1 amide bonds. The number of amides is 1. The number of anilines is 1. The highest BCUT2D eigenvalue weighted by Crippen LogP contribution is 2.44. The van der Waals surface area contributed by atoms with Crippen LogP contribution in [0.25, 0.3) is 5.00 Å². The molecule has 1 N–H and O–H groups in total. The quantitative estimate of drug-likeness (QED) is 0.320. The van der Waals surface area contributed by atoms with Gasteiger partial charge in [0.1, 0.15) is 10.8 Å². The zero-order valence-electron chi connectivity index (χ0n) is 22.8. The van der Waals surface area contributed by atoms with E-state index in [1.54, 1.807) is 12.1 Å². The number of carbonyl (C=O) groups excluding carboxylic acids is 1. The third kappa shape index (κ3) is 4.99. The first-order valence-electron chi connectivity index (χ1n) is 13.7. The van der Waals surface area contributed by atoms with Crippen molar-refractivity contribution < 1.29 is 19.4 Å². The van der Waals surface area contributed by atoms with Crippen LogP contribution < -0.4 is 9.64 Å². The molecular weight excluding hydrogens is 522 g/mol. The van der Waals surface area contributed by atoms with Crippen LogP contribution in [0.4, 0.5) is 5.69 Å². The van der Waals surface area contributed by atoms with E-state index in [9.17, 15) is 9.59 Å². The van der Waals surface area contributed by atoms with Crippen LogP contribution in [0.3, 0.4) is 0 Å². The van der Waals surface area contributed by atoms with Crippen LogP contribution in [0.2, 0.25) is 0 Å². The van der Waals surface area contributed by atoms with Crippen LogP contribution in [0.15, 0.2) is 66.9 Å². The Kier molecular flexibility index (Phi) is 7.11. The number of hydrogen-bond donors (Lipinski definition) is 1. The molecule has 0 radical (unpaired) electrons. The van der Waals surface area contributed by atoms with E-state index in [4.69, 9.17) is 9.84 Å². The zero-order valence-corrected chi connectivity index (χ0v) is 23.6. The Morgan fingerprint density at radius 1 is 1.00 bits per heavy atom. The van der Waals surface area contributed by atoms with Crippen molar-refractivity contribution in [1.82, 2.24) is 9.47 Å². The number of carboxylic acids is 1. The number of benzene rings is 2. The van der Waals surface area contributed by atoms with E-state index < -0.39 is 12.6 Å². The molecule has 4 aromatic rings. The Morgan fingerprint density at radius 2 is 1.75 bits per heavy atom. The Bertz CT molecular complexity index is 1540. The van der Waals surface area contributed by atoms with Crippen LogP contribution in [0, 0.1) is 0 Å². The third-order valence-corrected chi connectivity index (χ3v) is 9.20. The Hall–Kier alpha value is -4.04. The van der Waals surface area contributed by atoms with Crippen molar-refractivity contribution in [2.75, 3.05) is 25.6 Å². The first-order chi connectivity index (χ1) is 19.4. The Balaban J connectivity index is 1.38. The lowest BCUT2D eigenvalue weighted by molar-refractivity contribution is -0.139. The largest absolute Gasteiger partial charge is 0.482 e. The average Bonchev–Trinajstić information content (AvgIpc) is 3.54. The predicted octanol–water partition coefficient (Wildman–Crippen LogP) is 5.62. The van der Waals surface area contributed by atoms with Crippen molar-refractivity contribution in [2.45, 2.75) is 44.7 Å². The summed E-state index contributed by atoms with van der Waals surface area (Å²) in [5.41, 5.74) is 6.88. The summed E-state index contributed by atoms with van der Waals surface area (Å²) in [4.78, 5) is 30.6. The van der Waals surface area contributed by atoms with Crippen molar-refractivity contribution in [3.63, 3.8) is 0 Å². The maximum Gasteiger partial charge on any atom is 0.341 e. The second kappa shape index (κ2) is 10.8. The van der Waals surface area contributed by atoms with Gasteiger partial charge in [-0.05, 0) is 78.8 Å². The van der Waals surface area contributed by atoms with Crippen LogP contribution in [0.1, 0.15) is 51.7 Å². The monoisotopic (exact) mass is 555 g/mol. The molecule has 0 spiro atoms. The number of fused-ring (bicyclic) bond motifs is 5. The van der Waals surface area contributed by atoms with Gasteiger partial charge < -0.3 is 24.2 Å². The first kappa shape index (κ1) is 26.2. The van der Waals surface area contributed by atoms with Gasteiger partial charge >= 0.3 is 5.97 Å². The van der Waals surface area contributed by atoms with E-state index in [1.807, 2.05) is 37.6 Å². The van der Waals surface area contributed by atoms with E-state index in [0.29, 0.717) is 12.3 Å².